The highest BCUT2D eigenvalue weighted by Crippen LogP contribution is 2.27. The molecule has 1 aromatic carbocycles. The number of nitrogens with zero attached hydrogens (tertiary/aromatic N) is 1. The van der Waals surface area contributed by atoms with Crippen LogP contribution in [0.1, 0.15) is 25.7 Å². The van der Waals surface area contributed by atoms with Crippen molar-refractivity contribution >= 4 is 23.2 Å². The van der Waals surface area contributed by atoms with Gasteiger partial charge < -0.3 is 10.1 Å². The predicted molar refractivity (Wildman–Crippen MR) is 89.7 cm³/mol. The lowest BCUT2D eigenvalue weighted by Gasteiger charge is -2.35. The van der Waals surface area contributed by atoms with Crippen LogP contribution < -0.4 is 10.1 Å². The van der Waals surface area contributed by atoms with Gasteiger partial charge in [-0.2, -0.15) is 0 Å². The van der Waals surface area contributed by atoms with E-state index in [1.54, 1.807) is 12.1 Å². The molecule has 0 radical (unpaired) electrons. The van der Waals surface area contributed by atoms with Crippen molar-refractivity contribution in [2.45, 2.75) is 31.7 Å². The van der Waals surface area contributed by atoms with E-state index in [4.69, 9.17) is 27.9 Å². The Kier molecular flexibility index (Phi) is 7.11. The van der Waals surface area contributed by atoms with Gasteiger partial charge in [-0.3, -0.25) is 4.90 Å². The van der Waals surface area contributed by atoms with E-state index in [-0.39, 0.29) is 0 Å². The van der Waals surface area contributed by atoms with E-state index in [2.05, 4.69) is 10.2 Å². The summed E-state index contributed by atoms with van der Waals surface area (Å²) in [6.07, 6.45) is 5.13. The minimum atomic E-state index is 0.577. The zero-order valence-corrected chi connectivity index (χ0v) is 14.1. The van der Waals surface area contributed by atoms with Crippen molar-refractivity contribution in [3.8, 4) is 5.75 Å². The molecule has 0 bridgehead atoms. The first-order chi connectivity index (χ1) is 10.2. The molecular weight excluding hydrogens is 307 g/mol. The molecule has 118 valence electrons. The number of rotatable bonds is 7. The number of ether oxygens (including phenoxy) is 1. The average molecular weight is 331 g/mol. The van der Waals surface area contributed by atoms with Crippen LogP contribution in [0.15, 0.2) is 18.2 Å². The highest BCUT2D eigenvalue weighted by molar-refractivity contribution is 6.35. The van der Waals surface area contributed by atoms with Crippen LogP contribution in [0.4, 0.5) is 0 Å². The van der Waals surface area contributed by atoms with E-state index in [0.717, 1.165) is 13.1 Å². The molecular formula is C16H24Cl2N2O. The molecule has 1 saturated heterocycles. The Morgan fingerprint density at radius 1 is 1.33 bits per heavy atom. The monoisotopic (exact) mass is 330 g/mol. The highest BCUT2D eigenvalue weighted by Gasteiger charge is 2.21. The summed E-state index contributed by atoms with van der Waals surface area (Å²) in [4.78, 5) is 2.55. The Morgan fingerprint density at radius 3 is 2.95 bits per heavy atom. The molecule has 5 heteroatoms. The topological polar surface area (TPSA) is 24.5 Å². The van der Waals surface area contributed by atoms with Crippen molar-refractivity contribution in [3.05, 3.63) is 28.2 Å². The van der Waals surface area contributed by atoms with Crippen LogP contribution in [0, 0.1) is 0 Å². The van der Waals surface area contributed by atoms with Gasteiger partial charge in [-0.05, 0) is 57.6 Å². The molecule has 1 atom stereocenters. The van der Waals surface area contributed by atoms with Crippen LogP contribution in [0.2, 0.25) is 10.0 Å². The summed E-state index contributed by atoms with van der Waals surface area (Å²) >= 11 is 12.0. The zero-order valence-electron chi connectivity index (χ0n) is 12.6. The average Bonchev–Trinajstić information content (AvgIpc) is 2.48. The van der Waals surface area contributed by atoms with Gasteiger partial charge in [0.2, 0.25) is 0 Å². The number of benzene rings is 1. The number of hydrogen-bond donors (Lipinski definition) is 1. The Labute approximate surface area is 137 Å². The number of piperidine rings is 1. The quantitative estimate of drug-likeness (QED) is 0.822. The van der Waals surface area contributed by atoms with Crippen LogP contribution in [-0.2, 0) is 0 Å². The van der Waals surface area contributed by atoms with Crippen LogP contribution in [0.3, 0.4) is 0 Å². The lowest BCUT2D eigenvalue weighted by molar-refractivity contribution is 0.117. The lowest BCUT2D eigenvalue weighted by atomic mass is 9.99. The maximum absolute atomic E-state index is 6.12. The molecule has 0 aliphatic carbocycles. The Hall–Kier alpha value is -0.480. The fraction of sp³-hybridized carbons (Fsp3) is 0.625. The molecule has 1 aliphatic heterocycles. The standard InChI is InChI=1S/C16H24Cl2N2O/c1-19-8-7-14-4-2-3-9-20(14)10-11-21-16-6-5-13(17)12-15(16)18/h5-6,12,14,19H,2-4,7-11H2,1H3. The van der Waals surface area contributed by atoms with Gasteiger partial charge in [0, 0.05) is 17.6 Å². The first-order valence-corrected chi connectivity index (χ1v) is 8.43. The van der Waals surface area contributed by atoms with Gasteiger partial charge in [0.05, 0.1) is 5.02 Å². The second-order valence-electron chi connectivity index (χ2n) is 5.50. The van der Waals surface area contributed by atoms with Crippen molar-refractivity contribution in [2.24, 2.45) is 0 Å². The molecule has 1 aromatic rings. The van der Waals surface area contributed by atoms with E-state index in [1.807, 2.05) is 13.1 Å². The smallest absolute Gasteiger partial charge is 0.138 e. The van der Waals surface area contributed by atoms with Crippen LogP contribution in [-0.4, -0.2) is 44.2 Å². The number of likely N-dealkylation sites (tertiary alicyclic amines) is 1. The molecule has 1 unspecified atom stereocenters. The summed E-state index contributed by atoms with van der Waals surface area (Å²) in [5, 5.41) is 4.45. The molecule has 1 fully saturated rings. The third kappa shape index (κ3) is 5.33. The summed E-state index contributed by atoms with van der Waals surface area (Å²) < 4.78 is 5.80. The van der Waals surface area contributed by atoms with E-state index in [0.29, 0.717) is 28.4 Å². The number of hydrogen-bond acceptors (Lipinski definition) is 3. The molecule has 21 heavy (non-hydrogen) atoms. The van der Waals surface area contributed by atoms with Crippen LogP contribution >= 0.6 is 23.2 Å². The van der Waals surface area contributed by atoms with Crippen LogP contribution in [0.25, 0.3) is 0 Å². The lowest BCUT2D eigenvalue weighted by Crippen LogP contribution is -2.43. The normalized spacial score (nSPS) is 19.7. The predicted octanol–water partition coefficient (Wildman–Crippen LogP) is 3.84. The van der Waals surface area contributed by atoms with Gasteiger partial charge >= 0.3 is 0 Å². The van der Waals surface area contributed by atoms with Crippen molar-refractivity contribution < 1.29 is 4.74 Å². The molecule has 2 rings (SSSR count). The first-order valence-electron chi connectivity index (χ1n) is 7.67. The fourth-order valence-electron chi connectivity index (χ4n) is 2.86. The van der Waals surface area contributed by atoms with Crippen molar-refractivity contribution in [2.75, 3.05) is 33.3 Å². The van der Waals surface area contributed by atoms with Gasteiger partial charge in [-0.15, -0.1) is 0 Å². The SMILES string of the molecule is CNCCC1CCCCN1CCOc1ccc(Cl)cc1Cl. The Balaban J connectivity index is 1.80. The summed E-state index contributed by atoms with van der Waals surface area (Å²) in [5.74, 6) is 0.713. The summed E-state index contributed by atoms with van der Waals surface area (Å²) in [7, 11) is 2.01. The van der Waals surface area contributed by atoms with Crippen LogP contribution in [0.5, 0.6) is 5.75 Å². The summed E-state index contributed by atoms with van der Waals surface area (Å²) in [5.41, 5.74) is 0. The molecule has 1 N–H and O–H groups in total. The zero-order chi connectivity index (χ0) is 15.1. The van der Waals surface area contributed by atoms with Gasteiger partial charge in [0.1, 0.15) is 12.4 Å². The van der Waals surface area contributed by atoms with Gasteiger partial charge in [-0.25, -0.2) is 0 Å². The summed E-state index contributed by atoms with van der Waals surface area (Å²) in [6, 6.07) is 6.03. The molecule has 0 amide bonds. The maximum Gasteiger partial charge on any atom is 0.138 e. The molecule has 1 aliphatic rings. The third-order valence-corrected chi connectivity index (χ3v) is 4.54. The maximum atomic E-state index is 6.12. The van der Waals surface area contributed by atoms with E-state index in [1.165, 1.54) is 32.2 Å². The minimum Gasteiger partial charge on any atom is -0.491 e. The molecule has 3 nitrogen and oxygen atoms in total. The third-order valence-electron chi connectivity index (χ3n) is 4.01. The van der Waals surface area contributed by atoms with Crippen molar-refractivity contribution in [1.29, 1.82) is 0 Å². The molecule has 0 spiro atoms. The fourth-order valence-corrected chi connectivity index (χ4v) is 3.32. The van der Waals surface area contributed by atoms with Crippen molar-refractivity contribution in [3.63, 3.8) is 0 Å². The largest absolute Gasteiger partial charge is 0.491 e. The second kappa shape index (κ2) is 8.84. The van der Waals surface area contributed by atoms with E-state index in [9.17, 15) is 0 Å². The molecule has 0 aromatic heterocycles. The molecule has 0 saturated carbocycles. The minimum absolute atomic E-state index is 0.577. The van der Waals surface area contributed by atoms with Crippen molar-refractivity contribution in [1.82, 2.24) is 10.2 Å². The number of nitrogens with one attached hydrogen (secondary N) is 1. The van der Waals surface area contributed by atoms with Gasteiger partial charge in [0.15, 0.2) is 0 Å². The van der Waals surface area contributed by atoms with Gasteiger partial charge in [-0.1, -0.05) is 29.6 Å². The summed E-state index contributed by atoms with van der Waals surface area (Å²) in [6.45, 7) is 3.86. The second-order valence-corrected chi connectivity index (χ2v) is 6.34. The first kappa shape index (κ1) is 16.9. The Morgan fingerprint density at radius 2 is 2.19 bits per heavy atom. The molecule has 1 heterocycles. The van der Waals surface area contributed by atoms with E-state index < -0.39 is 0 Å². The Bertz CT molecular complexity index is 442. The van der Waals surface area contributed by atoms with E-state index >= 15 is 0 Å². The number of halogens is 2. The van der Waals surface area contributed by atoms with Gasteiger partial charge in [0.25, 0.3) is 0 Å². The highest BCUT2D eigenvalue weighted by atomic mass is 35.5.